The van der Waals surface area contributed by atoms with Crippen LogP contribution in [0.5, 0.6) is 11.5 Å². The molecular formula is C18H21NO3S. The van der Waals surface area contributed by atoms with Gasteiger partial charge in [-0.1, -0.05) is 0 Å². The van der Waals surface area contributed by atoms with Gasteiger partial charge in [-0.15, -0.1) is 11.3 Å². The van der Waals surface area contributed by atoms with Crippen molar-refractivity contribution in [2.24, 2.45) is 0 Å². The molecule has 1 fully saturated rings. The van der Waals surface area contributed by atoms with Crippen LogP contribution in [0, 0.1) is 6.92 Å². The molecule has 1 aromatic heterocycles. The molecule has 5 heteroatoms. The Morgan fingerprint density at radius 2 is 2.04 bits per heavy atom. The van der Waals surface area contributed by atoms with Crippen molar-refractivity contribution in [2.45, 2.75) is 32.4 Å². The van der Waals surface area contributed by atoms with Gasteiger partial charge < -0.3 is 14.4 Å². The van der Waals surface area contributed by atoms with Gasteiger partial charge >= 0.3 is 0 Å². The molecule has 0 aliphatic heterocycles. The van der Waals surface area contributed by atoms with E-state index in [0.717, 1.165) is 40.3 Å². The molecule has 1 aliphatic rings. The second kappa shape index (κ2) is 6.62. The summed E-state index contributed by atoms with van der Waals surface area (Å²) in [5, 5.41) is 1.97. The minimum atomic E-state index is 0.116. The standard InChI is InChI=1S/C18H21NO3S/c1-12-8-9-23-17(12)18(20)19(14-4-5-14)11-13-10-15(21-2)6-7-16(13)22-3/h6-10,14H,4-5,11H2,1-3H3. The normalized spacial score (nSPS) is 13.7. The third-order valence-corrected chi connectivity index (χ3v) is 5.14. The SMILES string of the molecule is COc1ccc(OC)c(CN(C(=O)c2sccc2C)C2CC2)c1. The van der Waals surface area contributed by atoms with Crippen molar-refractivity contribution in [3.8, 4) is 11.5 Å². The zero-order valence-electron chi connectivity index (χ0n) is 13.7. The van der Waals surface area contributed by atoms with Gasteiger partial charge in [-0.25, -0.2) is 0 Å². The van der Waals surface area contributed by atoms with Gasteiger partial charge in [-0.2, -0.15) is 0 Å². The maximum Gasteiger partial charge on any atom is 0.264 e. The summed E-state index contributed by atoms with van der Waals surface area (Å²) < 4.78 is 10.8. The van der Waals surface area contributed by atoms with E-state index in [1.54, 1.807) is 14.2 Å². The molecule has 0 saturated heterocycles. The molecule has 122 valence electrons. The second-order valence-corrected chi connectivity index (χ2v) is 6.69. The van der Waals surface area contributed by atoms with Gasteiger partial charge in [0.05, 0.1) is 25.6 Å². The summed E-state index contributed by atoms with van der Waals surface area (Å²) in [7, 11) is 3.29. The molecule has 1 heterocycles. The van der Waals surface area contributed by atoms with Gasteiger partial charge in [0, 0.05) is 11.6 Å². The number of rotatable bonds is 6. The molecular weight excluding hydrogens is 310 g/mol. The highest BCUT2D eigenvalue weighted by atomic mass is 32.1. The fraction of sp³-hybridized carbons (Fsp3) is 0.389. The van der Waals surface area contributed by atoms with Crippen LogP contribution >= 0.6 is 11.3 Å². The van der Waals surface area contributed by atoms with Gasteiger partial charge in [-0.05, 0) is 55.0 Å². The van der Waals surface area contributed by atoms with Crippen LogP contribution in [-0.4, -0.2) is 31.1 Å². The Balaban J connectivity index is 1.89. The van der Waals surface area contributed by atoms with E-state index in [4.69, 9.17) is 9.47 Å². The number of aryl methyl sites for hydroxylation is 1. The first-order chi connectivity index (χ1) is 11.1. The van der Waals surface area contributed by atoms with E-state index < -0.39 is 0 Å². The summed E-state index contributed by atoms with van der Waals surface area (Å²) in [5.41, 5.74) is 2.02. The average Bonchev–Trinajstić information content (AvgIpc) is 3.32. The third-order valence-electron chi connectivity index (χ3n) is 4.13. The summed E-state index contributed by atoms with van der Waals surface area (Å²) in [6, 6.07) is 8.03. The van der Waals surface area contributed by atoms with Crippen molar-refractivity contribution in [3.63, 3.8) is 0 Å². The predicted octanol–water partition coefficient (Wildman–Crippen LogP) is 3.88. The second-order valence-electron chi connectivity index (χ2n) is 5.77. The Bertz CT molecular complexity index is 706. The molecule has 2 aromatic rings. The first-order valence-corrected chi connectivity index (χ1v) is 8.58. The molecule has 0 atom stereocenters. The molecule has 0 bridgehead atoms. The molecule has 0 N–H and O–H groups in total. The van der Waals surface area contributed by atoms with E-state index >= 15 is 0 Å². The van der Waals surface area contributed by atoms with Crippen LogP contribution < -0.4 is 9.47 Å². The Hall–Kier alpha value is -2.01. The summed E-state index contributed by atoms with van der Waals surface area (Å²) in [5.74, 6) is 1.67. The van der Waals surface area contributed by atoms with Crippen LogP contribution in [0.25, 0.3) is 0 Å². The highest BCUT2D eigenvalue weighted by Gasteiger charge is 2.34. The molecule has 4 nitrogen and oxygen atoms in total. The predicted molar refractivity (Wildman–Crippen MR) is 91.5 cm³/mol. The first kappa shape index (κ1) is 15.9. The molecule has 1 saturated carbocycles. The van der Waals surface area contributed by atoms with Crippen LogP contribution in [-0.2, 0) is 6.54 Å². The highest BCUT2D eigenvalue weighted by molar-refractivity contribution is 7.12. The van der Waals surface area contributed by atoms with E-state index in [9.17, 15) is 4.79 Å². The van der Waals surface area contributed by atoms with E-state index in [1.807, 2.05) is 41.5 Å². The van der Waals surface area contributed by atoms with Gasteiger partial charge in [0.2, 0.25) is 0 Å². The lowest BCUT2D eigenvalue weighted by atomic mass is 10.1. The number of thiophene rings is 1. The van der Waals surface area contributed by atoms with Crippen molar-refractivity contribution in [2.75, 3.05) is 14.2 Å². The molecule has 0 spiro atoms. The number of carbonyl (C=O) groups excluding carboxylic acids is 1. The van der Waals surface area contributed by atoms with Gasteiger partial charge in [0.15, 0.2) is 0 Å². The van der Waals surface area contributed by atoms with Crippen molar-refractivity contribution in [3.05, 3.63) is 45.6 Å². The summed E-state index contributed by atoms with van der Waals surface area (Å²) in [4.78, 5) is 15.7. The van der Waals surface area contributed by atoms with Crippen LogP contribution in [0.1, 0.15) is 33.6 Å². The maximum absolute atomic E-state index is 12.9. The number of ether oxygens (including phenoxy) is 2. The Labute approximate surface area is 140 Å². The lowest BCUT2D eigenvalue weighted by Gasteiger charge is -2.23. The van der Waals surface area contributed by atoms with Crippen LogP contribution in [0.3, 0.4) is 0 Å². The summed E-state index contributed by atoms with van der Waals surface area (Å²) in [6.45, 7) is 2.53. The lowest BCUT2D eigenvalue weighted by molar-refractivity contribution is 0.0733. The van der Waals surface area contributed by atoms with Crippen LogP contribution in [0.2, 0.25) is 0 Å². The Morgan fingerprint density at radius 3 is 2.61 bits per heavy atom. The van der Waals surface area contributed by atoms with Gasteiger partial charge in [-0.3, -0.25) is 4.79 Å². The van der Waals surface area contributed by atoms with E-state index in [1.165, 1.54) is 11.3 Å². The molecule has 0 unspecified atom stereocenters. The third kappa shape index (κ3) is 3.34. The van der Waals surface area contributed by atoms with Gasteiger partial charge in [0.1, 0.15) is 11.5 Å². The number of carbonyl (C=O) groups is 1. The van der Waals surface area contributed by atoms with Crippen molar-refractivity contribution in [1.29, 1.82) is 0 Å². The smallest absolute Gasteiger partial charge is 0.264 e. The van der Waals surface area contributed by atoms with Crippen molar-refractivity contribution >= 4 is 17.2 Å². The molecule has 23 heavy (non-hydrogen) atoms. The van der Waals surface area contributed by atoms with Crippen LogP contribution in [0.4, 0.5) is 0 Å². The monoisotopic (exact) mass is 331 g/mol. The fourth-order valence-electron chi connectivity index (χ4n) is 2.66. The molecule has 1 aromatic carbocycles. The Kier molecular flexibility index (Phi) is 4.57. The van der Waals surface area contributed by atoms with E-state index in [2.05, 4.69) is 0 Å². The van der Waals surface area contributed by atoms with Crippen LogP contribution in [0.15, 0.2) is 29.6 Å². The molecule has 0 radical (unpaired) electrons. The highest BCUT2D eigenvalue weighted by Crippen LogP contribution is 2.34. The average molecular weight is 331 g/mol. The molecule has 1 aliphatic carbocycles. The van der Waals surface area contributed by atoms with E-state index in [-0.39, 0.29) is 5.91 Å². The number of nitrogens with zero attached hydrogens (tertiary/aromatic N) is 1. The quantitative estimate of drug-likeness (QED) is 0.806. The zero-order valence-corrected chi connectivity index (χ0v) is 14.5. The number of methoxy groups -OCH3 is 2. The lowest BCUT2D eigenvalue weighted by Crippen LogP contribution is -2.32. The zero-order chi connectivity index (χ0) is 16.4. The number of benzene rings is 1. The minimum Gasteiger partial charge on any atom is -0.497 e. The minimum absolute atomic E-state index is 0.116. The summed E-state index contributed by atoms with van der Waals surface area (Å²) >= 11 is 1.51. The maximum atomic E-state index is 12.9. The fourth-order valence-corrected chi connectivity index (χ4v) is 3.54. The number of hydrogen-bond donors (Lipinski definition) is 0. The van der Waals surface area contributed by atoms with Gasteiger partial charge in [0.25, 0.3) is 5.91 Å². The van der Waals surface area contributed by atoms with Crippen molar-refractivity contribution < 1.29 is 14.3 Å². The van der Waals surface area contributed by atoms with Crippen molar-refractivity contribution in [1.82, 2.24) is 4.90 Å². The topological polar surface area (TPSA) is 38.8 Å². The number of hydrogen-bond acceptors (Lipinski definition) is 4. The first-order valence-electron chi connectivity index (χ1n) is 7.70. The molecule has 1 amide bonds. The van der Waals surface area contributed by atoms with E-state index in [0.29, 0.717) is 12.6 Å². The number of amides is 1. The Morgan fingerprint density at radius 1 is 1.26 bits per heavy atom. The molecule has 3 rings (SSSR count). The largest absolute Gasteiger partial charge is 0.497 e. The summed E-state index contributed by atoms with van der Waals surface area (Å²) in [6.07, 6.45) is 2.14.